The fraction of sp³-hybridized carbons (Fsp3) is 0.280. The summed E-state index contributed by atoms with van der Waals surface area (Å²) in [6.45, 7) is 3.10. The molecule has 1 heterocycles. The van der Waals surface area contributed by atoms with Crippen LogP contribution in [0, 0.1) is 10.8 Å². The van der Waals surface area contributed by atoms with Gasteiger partial charge < -0.3 is 14.9 Å². The van der Waals surface area contributed by atoms with Crippen molar-refractivity contribution < 1.29 is 9.50 Å². The molecule has 2 aromatic rings. The number of likely N-dealkylation sites (N-methyl/N-ethyl adjacent to an activating group) is 1. The Kier molecular flexibility index (Phi) is 6.44. The number of rotatable bonds is 4. The minimum absolute atomic E-state index is 0.110. The summed E-state index contributed by atoms with van der Waals surface area (Å²) < 4.78 is 14.8. The number of alkyl halides is 1. The number of amidine groups is 1. The van der Waals surface area contributed by atoms with Crippen LogP contribution in [0.2, 0.25) is 5.02 Å². The van der Waals surface area contributed by atoms with Gasteiger partial charge in [-0.15, -0.1) is 0 Å². The number of nitrogens with zero attached hydrogens (tertiary/aromatic N) is 2. The maximum atomic E-state index is 14.8. The second-order valence-corrected chi connectivity index (χ2v) is 8.60. The topological polar surface area (TPSA) is 74.4 Å². The smallest absolute Gasteiger partial charge is 0.132 e. The molecule has 0 aromatic heterocycles. The third kappa shape index (κ3) is 4.33. The summed E-state index contributed by atoms with van der Waals surface area (Å²) in [5.74, 6) is -0.759. The van der Waals surface area contributed by atoms with Crippen LogP contribution in [0.3, 0.4) is 0 Å². The highest BCUT2D eigenvalue weighted by Crippen LogP contribution is 2.38. The van der Waals surface area contributed by atoms with Crippen LogP contribution >= 0.6 is 11.6 Å². The monoisotopic (exact) mass is 452 g/mol. The highest BCUT2D eigenvalue weighted by atomic mass is 35.5. The molecule has 1 saturated heterocycles. The summed E-state index contributed by atoms with van der Waals surface area (Å²) >= 11 is 6.60. The summed E-state index contributed by atoms with van der Waals surface area (Å²) in [5.41, 5.74) is 2.34. The van der Waals surface area contributed by atoms with Crippen LogP contribution in [0.15, 0.2) is 66.5 Å². The molecule has 5 nitrogen and oxygen atoms in total. The number of benzene rings is 2. The van der Waals surface area contributed by atoms with Crippen molar-refractivity contribution >= 4 is 23.1 Å². The van der Waals surface area contributed by atoms with Gasteiger partial charge >= 0.3 is 0 Å². The lowest BCUT2D eigenvalue weighted by molar-refractivity contribution is 0.215. The third-order valence-electron chi connectivity index (χ3n) is 6.08. The number of aliphatic hydroxyl groups is 1. The Morgan fingerprint density at radius 1 is 1.06 bits per heavy atom. The lowest BCUT2D eigenvalue weighted by Crippen LogP contribution is -2.47. The Balaban J connectivity index is 1.81. The first-order valence-electron chi connectivity index (χ1n) is 10.6. The quantitative estimate of drug-likeness (QED) is 0.462. The molecule has 2 unspecified atom stereocenters. The number of allylic oxidation sites excluding steroid dienone is 4. The maximum Gasteiger partial charge on any atom is 0.132 e. The van der Waals surface area contributed by atoms with Gasteiger partial charge in [0.05, 0.1) is 11.6 Å². The first kappa shape index (κ1) is 22.2. The zero-order valence-corrected chi connectivity index (χ0v) is 18.6. The van der Waals surface area contributed by atoms with Crippen molar-refractivity contribution in [2.75, 3.05) is 33.2 Å². The Morgan fingerprint density at radius 3 is 2.41 bits per heavy atom. The van der Waals surface area contributed by atoms with Crippen LogP contribution in [0.5, 0.6) is 0 Å². The van der Waals surface area contributed by atoms with Gasteiger partial charge in [0.2, 0.25) is 0 Å². The Bertz CT molecular complexity index is 1090. The summed E-state index contributed by atoms with van der Waals surface area (Å²) in [7, 11) is 2.05. The Hall–Kier alpha value is -2.96. The Morgan fingerprint density at radius 2 is 1.75 bits per heavy atom. The highest BCUT2D eigenvalue weighted by molar-refractivity contribution is 6.32. The molecule has 4 rings (SSSR count). The van der Waals surface area contributed by atoms with Crippen molar-refractivity contribution in [1.82, 2.24) is 9.80 Å². The molecule has 2 aromatic carbocycles. The zero-order valence-electron chi connectivity index (χ0n) is 17.9. The van der Waals surface area contributed by atoms with Gasteiger partial charge in [0.15, 0.2) is 0 Å². The van der Waals surface area contributed by atoms with Crippen molar-refractivity contribution in [3.05, 3.63) is 93.7 Å². The van der Waals surface area contributed by atoms with Crippen molar-refractivity contribution in [2.24, 2.45) is 0 Å². The van der Waals surface area contributed by atoms with Gasteiger partial charge in [-0.1, -0.05) is 48.0 Å². The number of halogens is 2. The number of aliphatic hydroxyl groups excluding tert-OH is 1. The second kappa shape index (κ2) is 9.27. The molecule has 1 fully saturated rings. The van der Waals surface area contributed by atoms with Gasteiger partial charge in [0.1, 0.15) is 17.8 Å². The predicted molar refractivity (Wildman–Crippen MR) is 127 cm³/mol. The number of piperazine rings is 1. The minimum atomic E-state index is -1.43. The van der Waals surface area contributed by atoms with Gasteiger partial charge in [-0.25, -0.2) is 4.39 Å². The van der Waals surface area contributed by atoms with Crippen LogP contribution < -0.4 is 0 Å². The van der Waals surface area contributed by atoms with Gasteiger partial charge in [0.25, 0.3) is 0 Å². The third-order valence-corrected chi connectivity index (χ3v) is 6.40. The summed E-state index contributed by atoms with van der Waals surface area (Å²) in [6, 6.07) is 12.6. The van der Waals surface area contributed by atoms with Gasteiger partial charge in [-0.3, -0.25) is 10.8 Å². The molecule has 7 heteroatoms. The fourth-order valence-electron chi connectivity index (χ4n) is 4.16. The standard InChI is InChI=1S/C25H26ClFN4O/c1-30-10-12-31(13-11-30)25(29)18-15-20(26)19(23-21(27)8-5-9-22(23)32)14-17(18)24(28)16-6-3-2-4-7-16/h2-9,14-15,21,23,28-29,32H,10-13H2,1H3. The van der Waals surface area contributed by atoms with E-state index in [2.05, 4.69) is 11.9 Å². The molecule has 32 heavy (non-hydrogen) atoms. The average Bonchev–Trinajstić information content (AvgIpc) is 2.80. The molecule has 1 aliphatic carbocycles. The van der Waals surface area contributed by atoms with Crippen LogP contribution in [0.1, 0.15) is 28.2 Å². The van der Waals surface area contributed by atoms with E-state index >= 15 is 0 Å². The molecule has 2 aliphatic rings. The molecule has 166 valence electrons. The molecule has 0 amide bonds. The van der Waals surface area contributed by atoms with E-state index in [1.165, 1.54) is 18.2 Å². The number of hydrogen-bond donors (Lipinski definition) is 3. The van der Waals surface area contributed by atoms with E-state index in [1.54, 1.807) is 12.1 Å². The summed E-state index contributed by atoms with van der Waals surface area (Å²) in [5, 5.41) is 28.4. The predicted octanol–water partition coefficient (Wildman–Crippen LogP) is 4.76. The first-order valence-corrected chi connectivity index (χ1v) is 11.0. The molecule has 3 N–H and O–H groups in total. The van der Waals surface area contributed by atoms with Crippen molar-refractivity contribution in [1.29, 1.82) is 10.8 Å². The largest absolute Gasteiger partial charge is 0.512 e. The first-order chi connectivity index (χ1) is 15.4. The number of hydrogen-bond acceptors (Lipinski definition) is 4. The molecular formula is C25H26ClFN4O. The SMILES string of the molecule is CN1CCN(C(=N)c2cc(Cl)c(C3C(O)=CC=CC3F)cc2C(=N)c2ccccc2)CC1. The van der Waals surface area contributed by atoms with Crippen LogP contribution in [-0.4, -0.2) is 65.9 Å². The van der Waals surface area contributed by atoms with E-state index < -0.39 is 12.1 Å². The van der Waals surface area contributed by atoms with Gasteiger partial charge in [0, 0.05) is 47.9 Å². The van der Waals surface area contributed by atoms with Crippen molar-refractivity contribution in [3.63, 3.8) is 0 Å². The van der Waals surface area contributed by atoms with Crippen LogP contribution in [-0.2, 0) is 0 Å². The van der Waals surface area contributed by atoms with Crippen molar-refractivity contribution in [3.8, 4) is 0 Å². The average molecular weight is 453 g/mol. The lowest BCUT2D eigenvalue weighted by Gasteiger charge is -2.35. The second-order valence-electron chi connectivity index (χ2n) is 8.20. The number of nitrogens with one attached hydrogen (secondary N) is 2. The van der Waals surface area contributed by atoms with Crippen LogP contribution in [0.4, 0.5) is 4.39 Å². The van der Waals surface area contributed by atoms with E-state index in [0.717, 1.165) is 13.1 Å². The zero-order chi connectivity index (χ0) is 22.8. The van der Waals surface area contributed by atoms with Gasteiger partial charge in [-0.05, 0) is 36.9 Å². The molecule has 0 spiro atoms. The van der Waals surface area contributed by atoms with E-state index in [9.17, 15) is 9.50 Å². The lowest BCUT2D eigenvalue weighted by atomic mass is 9.85. The van der Waals surface area contributed by atoms with E-state index in [1.807, 2.05) is 35.2 Å². The van der Waals surface area contributed by atoms with E-state index in [4.69, 9.17) is 22.4 Å². The molecule has 1 aliphatic heterocycles. The maximum absolute atomic E-state index is 14.8. The van der Waals surface area contributed by atoms with Crippen LogP contribution in [0.25, 0.3) is 0 Å². The molecule has 0 bridgehead atoms. The molecule has 2 atom stereocenters. The molecular weight excluding hydrogens is 427 g/mol. The normalized spacial score (nSPS) is 21.3. The summed E-state index contributed by atoms with van der Waals surface area (Å²) in [4.78, 5) is 4.19. The van der Waals surface area contributed by atoms with E-state index in [-0.39, 0.29) is 16.5 Å². The van der Waals surface area contributed by atoms with Gasteiger partial charge in [-0.2, -0.15) is 0 Å². The van der Waals surface area contributed by atoms with E-state index in [0.29, 0.717) is 41.2 Å². The molecule has 0 radical (unpaired) electrons. The Labute approximate surface area is 192 Å². The molecule has 0 saturated carbocycles. The fourth-order valence-corrected chi connectivity index (χ4v) is 4.44. The minimum Gasteiger partial charge on any atom is -0.512 e. The van der Waals surface area contributed by atoms with Crippen molar-refractivity contribution in [2.45, 2.75) is 12.1 Å². The summed E-state index contributed by atoms with van der Waals surface area (Å²) in [6.07, 6.45) is 2.89. The highest BCUT2D eigenvalue weighted by Gasteiger charge is 2.31.